The van der Waals surface area contributed by atoms with Gasteiger partial charge in [-0.1, -0.05) is 0 Å². The highest BCUT2D eigenvalue weighted by atomic mass is 127. The Bertz CT molecular complexity index is 522. The molecule has 0 aromatic heterocycles. The van der Waals surface area contributed by atoms with Crippen molar-refractivity contribution in [3.8, 4) is 0 Å². The number of allylic oxidation sites excluding steroid dienone is 1. The van der Waals surface area contributed by atoms with Crippen molar-refractivity contribution in [2.24, 2.45) is 17.8 Å². The average molecular weight is 386 g/mol. The second kappa shape index (κ2) is 4.73. The number of rotatable bonds is 2. The molecule has 2 N–H and O–H groups in total. The number of hydrogen-bond acceptors (Lipinski definition) is 3. The summed E-state index contributed by atoms with van der Waals surface area (Å²) in [7, 11) is 0. The highest BCUT2D eigenvalue weighted by molar-refractivity contribution is 14.1. The fourth-order valence-corrected chi connectivity index (χ4v) is 4.35. The summed E-state index contributed by atoms with van der Waals surface area (Å²) < 4.78 is 0.772. The van der Waals surface area contributed by atoms with Crippen LogP contribution in [0.25, 0.3) is 0 Å². The number of nitrogens with one attached hydrogen (secondary N) is 1. The van der Waals surface area contributed by atoms with Gasteiger partial charge in [-0.15, -0.1) is 0 Å². The molecule has 0 bridgehead atoms. The number of aliphatic hydroxyl groups is 1. The number of fused-ring (bicyclic) bond motifs is 1. The first-order chi connectivity index (χ1) is 9.69. The van der Waals surface area contributed by atoms with E-state index >= 15 is 0 Å². The van der Waals surface area contributed by atoms with Crippen LogP contribution in [0.4, 0.5) is 0 Å². The third kappa shape index (κ3) is 2.09. The van der Waals surface area contributed by atoms with Crippen molar-refractivity contribution >= 4 is 28.5 Å². The normalized spacial score (nSPS) is 39.2. The zero-order chi connectivity index (χ0) is 13.9. The summed E-state index contributed by atoms with van der Waals surface area (Å²) in [6.07, 6.45) is 7.76. The number of carbonyl (C=O) groups excluding carboxylic acids is 1. The molecular weight excluding hydrogens is 367 g/mol. The molecule has 3 fully saturated rings. The fraction of sp³-hybridized carbons (Fsp3) is 0.667. The molecule has 0 aromatic carbocycles. The Hall–Kier alpha value is -0.560. The number of hydrogen-bond donors (Lipinski definition) is 2. The second-order valence-electron chi connectivity index (χ2n) is 6.44. The summed E-state index contributed by atoms with van der Waals surface area (Å²) >= 11 is 2.12. The van der Waals surface area contributed by atoms with Gasteiger partial charge in [-0.2, -0.15) is 0 Å². The maximum absolute atomic E-state index is 11.9. The summed E-state index contributed by atoms with van der Waals surface area (Å²) in [4.78, 5) is 14.2. The van der Waals surface area contributed by atoms with E-state index in [1.807, 2.05) is 6.20 Å². The molecular formula is C15H19IN2O2. The number of halogens is 1. The van der Waals surface area contributed by atoms with Gasteiger partial charge >= 0.3 is 0 Å². The van der Waals surface area contributed by atoms with Crippen LogP contribution in [0.5, 0.6) is 0 Å². The standard InChI is InChI=1S/C15H19IN2O2/c16-12-6-18(14(8-1-2-8)17-15(12)20)13-4-3-9(7-19)10-5-11(10)13/h6,9-11,13,19H,1-5,7H2,(H,17,20). The van der Waals surface area contributed by atoms with Crippen LogP contribution >= 0.6 is 22.6 Å². The zero-order valence-corrected chi connectivity index (χ0v) is 13.5. The molecule has 0 radical (unpaired) electrons. The van der Waals surface area contributed by atoms with Gasteiger partial charge in [0.2, 0.25) is 0 Å². The molecule has 0 spiro atoms. The smallest absolute Gasteiger partial charge is 0.264 e. The van der Waals surface area contributed by atoms with Crippen LogP contribution in [0.1, 0.15) is 32.1 Å². The molecule has 0 aromatic rings. The van der Waals surface area contributed by atoms with Crippen LogP contribution in [-0.2, 0) is 4.79 Å². The maximum Gasteiger partial charge on any atom is 0.264 e. The first kappa shape index (κ1) is 13.1. The highest BCUT2D eigenvalue weighted by Gasteiger charge is 2.52. The van der Waals surface area contributed by atoms with Crippen LogP contribution in [0.15, 0.2) is 21.2 Å². The fourth-order valence-electron chi connectivity index (χ4n) is 3.91. The topological polar surface area (TPSA) is 52.6 Å². The van der Waals surface area contributed by atoms with Gasteiger partial charge in [0.05, 0.1) is 3.58 Å². The summed E-state index contributed by atoms with van der Waals surface area (Å²) in [6.45, 7) is 0.339. The van der Waals surface area contributed by atoms with Crippen molar-refractivity contribution in [2.45, 2.75) is 38.1 Å². The Labute approximate surface area is 132 Å². The summed E-state index contributed by atoms with van der Waals surface area (Å²) in [5.74, 6) is 3.01. The molecule has 4 aliphatic rings. The second-order valence-corrected chi connectivity index (χ2v) is 7.60. The molecule has 1 amide bonds. The minimum Gasteiger partial charge on any atom is -0.396 e. The molecule has 4 unspecified atom stereocenters. The lowest BCUT2D eigenvalue weighted by molar-refractivity contribution is -0.117. The molecule has 4 atom stereocenters. The van der Waals surface area contributed by atoms with Crippen molar-refractivity contribution in [1.29, 1.82) is 0 Å². The van der Waals surface area contributed by atoms with Crippen LogP contribution in [0.2, 0.25) is 0 Å². The molecule has 20 heavy (non-hydrogen) atoms. The van der Waals surface area contributed by atoms with Gasteiger partial charge < -0.3 is 15.3 Å². The highest BCUT2D eigenvalue weighted by Crippen LogP contribution is 2.55. The molecule has 3 saturated carbocycles. The van der Waals surface area contributed by atoms with E-state index in [0.29, 0.717) is 30.4 Å². The van der Waals surface area contributed by atoms with E-state index in [4.69, 9.17) is 0 Å². The minimum atomic E-state index is 0.0349. The van der Waals surface area contributed by atoms with Gasteiger partial charge in [-0.05, 0) is 78.0 Å². The van der Waals surface area contributed by atoms with Gasteiger partial charge in [0.1, 0.15) is 5.82 Å². The summed E-state index contributed by atoms with van der Waals surface area (Å²) in [6, 6.07) is 0.510. The van der Waals surface area contributed by atoms with E-state index in [-0.39, 0.29) is 5.91 Å². The minimum absolute atomic E-state index is 0.0349. The third-order valence-electron chi connectivity index (χ3n) is 5.21. The molecule has 1 heterocycles. The van der Waals surface area contributed by atoms with Gasteiger partial charge in [0.25, 0.3) is 5.91 Å². The Morgan fingerprint density at radius 3 is 2.85 bits per heavy atom. The van der Waals surface area contributed by atoms with Gasteiger partial charge in [0.15, 0.2) is 0 Å². The molecule has 3 aliphatic carbocycles. The van der Waals surface area contributed by atoms with Crippen molar-refractivity contribution in [3.05, 3.63) is 21.2 Å². The molecule has 1 aliphatic heterocycles. The number of carbonyl (C=O) groups is 1. The van der Waals surface area contributed by atoms with Crippen LogP contribution in [-0.4, -0.2) is 28.6 Å². The van der Waals surface area contributed by atoms with Crippen LogP contribution in [0, 0.1) is 17.8 Å². The molecule has 108 valence electrons. The largest absolute Gasteiger partial charge is 0.396 e. The molecule has 0 saturated heterocycles. The molecule has 4 nitrogen and oxygen atoms in total. The maximum atomic E-state index is 11.9. The van der Waals surface area contributed by atoms with E-state index in [0.717, 1.165) is 35.1 Å². The molecule has 4 rings (SSSR count). The van der Waals surface area contributed by atoms with E-state index in [9.17, 15) is 9.90 Å². The van der Waals surface area contributed by atoms with Crippen LogP contribution in [0.3, 0.4) is 0 Å². The number of amides is 1. The number of nitrogens with zero attached hydrogens (tertiary/aromatic N) is 1. The average Bonchev–Trinajstić information content (AvgIpc) is 3.32. The van der Waals surface area contributed by atoms with E-state index in [2.05, 4.69) is 32.8 Å². The summed E-state index contributed by atoms with van der Waals surface area (Å²) in [5, 5.41) is 12.5. The lowest BCUT2D eigenvalue weighted by Crippen LogP contribution is -2.45. The van der Waals surface area contributed by atoms with Crippen molar-refractivity contribution in [1.82, 2.24) is 10.2 Å². The molecule has 5 heteroatoms. The lowest BCUT2D eigenvalue weighted by atomic mass is 9.86. The first-order valence-electron chi connectivity index (χ1n) is 7.49. The zero-order valence-electron chi connectivity index (χ0n) is 11.3. The quantitative estimate of drug-likeness (QED) is 0.715. The predicted molar refractivity (Wildman–Crippen MR) is 83.5 cm³/mol. The van der Waals surface area contributed by atoms with E-state index in [1.54, 1.807) is 0 Å². The predicted octanol–water partition coefficient (Wildman–Crippen LogP) is 2.11. The van der Waals surface area contributed by atoms with Gasteiger partial charge in [-0.3, -0.25) is 4.79 Å². The van der Waals surface area contributed by atoms with Crippen molar-refractivity contribution < 1.29 is 9.90 Å². The van der Waals surface area contributed by atoms with Gasteiger partial charge in [0, 0.05) is 18.8 Å². The van der Waals surface area contributed by atoms with E-state index < -0.39 is 0 Å². The monoisotopic (exact) mass is 386 g/mol. The number of aliphatic hydroxyl groups excluding tert-OH is 1. The summed E-state index contributed by atoms with van der Waals surface area (Å²) in [5.41, 5.74) is 1.39. The Kier molecular flexibility index (Phi) is 3.10. The van der Waals surface area contributed by atoms with Crippen LogP contribution < -0.4 is 5.32 Å². The Balaban J connectivity index is 1.61. The third-order valence-corrected chi connectivity index (χ3v) is 5.98. The van der Waals surface area contributed by atoms with Crippen molar-refractivity contribution in [2.75, 3.05) is 6.61 Å². The Morgan fingerprint density at radius 2 is 2.15 bits per heavy atom. The lowest BCUT2D eigenvalue weighted by Gasteiger charge is -2.39. The van der Waals surface area contributed by atoms with Gasteiger partial charge in [-0.25, -0.2) is 0 Å². The van der Waals surface area contributed by atoms with E-state index in [1.165, 1.54) is 12.0 Å². The van der Waals surface area contributed by atoms with Crippen molar-refractivity contribution in [3.63, 3.8) is 0 Å². The first-order valence-corrected chi connectivity index (χ1v) is 8.57. The Morgan fingerprint density at radius 1 is 1.35 bits per heavy atom. The SMILES string of the molecule is O=C1NC(=C2CC2)N(C2CCC(CO)C3CC32)C=C1I.